The summed E-state index contributed by atoms with van der Waals surface area (Å²) in [5, 5.41) is 0.0720. The number of nitrogens with zero attached hydrogens (tertiary/aromatic N) is 3. The van der Waals surface area contributed by atoms with Crippen molar-refractivity contribution >= 4 is 21.5 Å². The first kappa shape index (κ1) is 15.7. The van der Waals surface area contributed by atoms with Gasteiger partial charge >= 0.3 is 0 Å². The summed E-state index contributed by atoms with van der Waals surface area (Å²) in [6, 6.07) is 5.15. The minimum absolute atomic E-state index is 0.0720. The Hall–Kier alpha value is -1.64. The number of rotatable bonds is 6. The summed E-state index contributed by atoms with van der Waals surface area (Å²) in [5.74, 6) is 5.61. The zero-order valence-corrected chi connectivity index (χ0v) is 13.3. The molecule has 0 aliphatic heterocycles. The Morgan fingerprint density at radius 1 is 1.43 bits per heavy atom. The lowest BCUT2D eigenvalue weighted by Crippen LogP contribution is -2.38. The number of nitrogen functional groups attached to an aromatic ring is 1. The van der Waals surface area contributed by atoms with Crippen LogP contribution >= 0.6 is 0 Å². The fraction of sp³-hybridized carbons (Fsp3) is 0.462. The van der Waals surface area contributed by atoms with Crippen LogP contribution in [0.1, 0.15) is 27.2 Å². The quantitative estimate of drug-likeness (QED) is 0.622. The number of nitrogens with two attached hydrogens (primary N) is 1. The van der Waals surface area contributed by atoms with Gasteiger partial charge in [0.05, 0.1) is 0 Å². The Bertz CT molecular complexity index is 723. The third-order valence-corrected chi connectivity index (χ3v) is 5.30. The molecule has 21 heavy (non-hydrogen) atoms. The van der Waals surface area contributed by atoms with Gasteiger partial charge in [0, 0.05) is 18.8 Å². The number of imidazole rings is 1. The maximum Gasteiger partial charge on any atom is 0.263 e. The first-order valence-corrected chi connectivity index (χ1v) is 8.33. The molecule has 0 aliphatic carbocycles. The van der Waals surface area contributed by atoms with Gasteiger partial charge < -0.3 is 5.43 Å². The van der Waals surface area contributed by atoms with E-state index in [1.165, 1.54) is 8.71 Å². The van der Waals surface area contributed by atoms with E-state index < -0.39 is 10.0 Å². The molecular formula is C13H21N5O2S. The molecule has 0 spiro atoms. The molecule has 0 amide bonds. The minimum Gasteiger partial charge on any atom is -0.306 e. The van der Waals surface area contributed by atoms with Crippen LogP contribution < -0.4 is 11.3 Å². The monoisotopic (exact) mass is 311 g/mol. The van der Waals surface area contributed by atoms with E-state index in [4.69, 9.17) is 5.84 Å². The molecule has 0 atom stereocenters. The van der Waals surface area contributed by atoms with Crippen LogP contribution in [0.3, 0.4) is 0 Å². The van der Waals surface area contributed by atoms with Gasteiger partial charge in [0.15, 0.2) is 5.82 Å². The van der Waals surface area contributed by atoms with Crippen molar-refractivity contribution in [3.63, 3.8) is 0 Å². The van der Waals surface area contributed by atoms with E-state index in [0.717, 1.165) is 6.42 Å². The van der Waals surface area contributed by atoms with Gasteiger partial charge in [0.25, 0.3) is 10.0 Å². The van der Waals surface area contributed by atoms with E-state index in [9.17, 15) is 8.42 Å². The molecule has 2 heterocycles. The summed E-state index contributed by atoms with van der Waals surface area (Å²) in [6.45, 7) is 6.10. The fourth-order valence-corrected chi connectivity index (χ4v) is 4.25. The Labute approximate surface area is 124 Å². The zero-order chi connectivity index (χ0) is 15.6. The summed E-state index contributed by atoms with van der Waals surface area (Å²) in [4.78, 5) is 4.22. The van der Waals surface area contributed by atoms with Crippen molar-refractivity contribution < 1.29 is 8.42 Å². The highest BCUT2D eigenvalue weighted by Gasteiger charge is 2.32. The Balaban J connectivity index is 2.68. The van der Waals surface area contributed by atoms with Crippen molar-refractivity contribution in [1.82, 2.24) is 13.7 Å². The number of pyridine rings is 1. The van der Waals surface area contributed by atoms with E-state index >= 15 is 0 Å². The van der Waals surface area contributed by atoms with E-state index in [0.29, 0.717) is 12.2 Å². The van der Waals surface area contributed by atoms with Crippen molar-refractivity contribution in [2.24, 2.45) is 5.84 Å². The number of aromatic nitrogens is 2. The number of hydrogen-bond acceptors (Lipinski definition) is 5. The van der Waals surface area contributed by atoms with Crippen LogP contribution in [0.25, 0.3) is 5.65 Å². The van der Waals surface area contributed by atoms with Crippen LogP contribution in [-0.4, -0.2) is 34.7 Å². The number of anilines is 1. The first-order valence-electron chi connectivity index (χ1n) is 6.89. The second kappa shape index (κ2) is 6.00. The third kappa shape index (κ3) is 2.74. The van der Waals surface area contributed by atoms with Crippen molar-refractivity contribution in [3.8, 4) is 0 Å². The topological polar surface area (TPSA) is 92.7 Å². The number of nitrogens with one attached hydrogen (secondary N) is 1. The predicted octanol–water partition coefficient (Wildman–Crippen LogP) is 1.43. The maximum atomic E-state index is 13.0. The molecule has 3 N–H and O–H groups in total. The second-order valence-corrected chi connectivity index (χ2v) is 6.85. The fourth-order valence-electron chi connectivity index (χ4n) is 2.30. The van der Waals surface area contributed by atoms with Crippen LogP contribution in [0.4, 0.5) is 5.82 Å². The highest BCUT2D eigenvalue weighted by atomic mass is 32.2. The smallest absolute Gasteiger partial charge is 0.263 e. The first-order chi connectivity index (χ1) is 9.93. The lowest BCUT2D eigenvalue weighted by Gasteiger charge is -2.25. The second-order valence-electron chi connectivity index (χ2n) is 5.05. The van der Waals surface area contributed by atoms with Gasteiger partial charge in [-0.05, 0) is 32.4 Å². The highest BCUT2D eigenvalue weighted by Crippen LogP contribution is 2.26. The lowest BCUT2D eigenvalue weighted by molar-refractivity contribution is 0.352. The molecule has 0 fully saturated rings. The molecule has 0 saturated carbocycles. The van der Waals surface area contributed by atoms with Gasteiger partial charge in [-0.1, -0.05) is 13.0 Å². The van der Waals surface area contributed by atoms with Crippen molar-refractivity contribution in [2.45, 2.75) is 38.3 Å². The van der Waals surface area contributed by atoms with Crippen LogP contribution in [0.15, 0.2) is 29.4 Å². The van der Waals surface area contributed by atoms with Gasteiger partial charge in [0.1, 0.15) is 5.65 Å². The van der Waals surface area contributed by atoms with Gasteiger partial charge in [-0.15, -0.1) is 0 Å². The van der Waals surface area contributed by atoms with E-state index in [-0.39, 0.29) is 16.9 Å². The van der Waals surface area contributed by atoms with Crippen LogP contribution in [0.5, 0.6) is 0 Å². The SMILES string of the molecule is CCCN(C(C)C)S(=O)(=O)c1c(NN)nc2ccccn12. The molecule has 2 aromatic rings. The third-order valence-electron chi connectivity index (χ3n) is 3.20. The molecular weight excluding hydrogens is 290 g/mol. The molecule has 0 radical (unpaired) electrons. The number of fused-ring (bicyclic) bond motifs is 1. The summed E-state index contributed by atoms with van der Waals surface area (Å²) in [7, 11) is -3.70. The lowest BCUT2D eigenvalue weighted by atomic mass is 10.4. The predicted molar refractivity (Wildman–Crippen MR) is 82.3 cm³/mol. The van der Waals surface area contributed by atoms with Gasteiger partial charge in [-0.25, -0.2) is 19.2 Å². The minimum atomic E-state index is -3.70. The Kier molecular flexibility index (Phi) is 4.50. The summed E-state index contributed by atoms with van der Waals surface area (Å²) in [6.07, 6.45) is 2.40. The van der Waals surface area contributed by atoms with Gasteiger partial charge in [0.2, 0.25) is 5.03 Å². The van der Waals surface area contributed by atoms with E-state index in [2.05, 4.69) is 10.4 Å². The largest absolute Gasteiger partial charge is 0.306 e. The average molecular weight is 311 g/mol. The summed E-state index contributed by atoms with van der Waals surface area (Å²) >= 11 is 0. The van der Waals surface area contributed by atoms with E-state index in [1.54, 1.807) is 24.4 Å². The van der Waals surface area contributed by atoms with Crippen molar-refractivity contribution in [3.05, 3.63) is 24.4 Å². The van der Waals surface area contributed by atoms with E-state index in [1.807, 2.05) is 20.8 Å². The Morgan fingerprint density at radius 2 is 2.14 bits per heavy atom. The molecule has 0 aromatic carbocycles. The van der Waals surface area contributed by atoms with Crippen LogP contribution in [0, 0.1) is 0 Å². The number of sulfonamides is 1. The standard InChI is InChI=1S/C13H21N5O2S/c1-4-8-18(10(2)3)21(19,20)13-12(16-14)15-11-7-5-6-9-17(11)13/h5-7,9-10,16H,4,8,14H2,1-3H3. The summed E-state index contributed by atoms with van der Waals surface area (Å²) in [5.41, 5.74) is 2.92. The summed E-state index contributed by atoms with van der Waals surface area (Å²) < 4.78 is 29.0. The van der Waals surface area contributed by atoms with Crippen LogP contribution in [0.2, 0.25) is 0 Å². The molecule has 0 bridgehead atoms. The molecule has 2 rings (SSSR count). The Morgan fingerprint density at radius 3 is 2.71 bits per heavy atom. The highest BCUT2D eigenvalue weighted by molar-refractivity contribution is 7.89. The molecule has 2 aromatic heterocycles. The molecule has 0 aliphatic rings. The normalized spacial score (nSPS) is 12.5. The number of hydrazine groups is 1. The molecule has 0 saturated heterocycles. The zero-order valence-electron chi connectivity index (χ0n) is 12.4. The van der Waals surface area contributed by atoms with Crippen LogP contribution in [-0.2, 0) is 10.0 Å². The molecule has 8 heteroatoms. The average Bonchev–Trinajstić information content (AvgIpc) is 2.83. The van der Waals surface area contributed by atoms with Crippen molar-refractivity contribution in [2.75, 3.05) is 12.0 Å². The molecule has 116 valence electrons. The van der Waals surface area contributed by atoms with Gasteiger partial charge in [-0.3, -0.25) is 4.40 Å². The molecule has 0 unspecified atom stereocenters. The molecule has 7 nitrogen and oxygen atoms in total. The van der Waals surface area contributed by atoms with Crippen molar-refractivity contribution in [1.29, 1.82) is 0 Å². The maximum absolute atomic E-state index is 13.0. The number of hydrogen-bond donors (Lipinski definition) is 2. The van der Waals surface area contributed by atoms with Gasteiger partial charge in [-0.2, -0.15) is 4.31 Å².